The molecular formula is C12H12F2N4. The van der Waals surface area contributed by atoms with Crippen molar-refractivity contribution in [3.05, 3.63) is 47.0 Å². The van der Waals surface area contributed by atoms with E-state index >= 15 is 0 Å². The lowest BCUT2D eigenvalue weighted by Gasteiger charge is -2.04. The molecule has 0 spiro atoms. The highest BCUT2D eigenvalue weighted by Crippen LogP contribution is 2.11. The number of benzene rings is 1. The van der Waals surface area contributed by atoms with Crippen molar-refractivity contribution >= 4 is 5.95 Å². The molecule has 1 aromatic carbocycles. The van der Waals surface area contributed by atoms with Crippen LogP contribution in [0.25, 0.3) is 0 Å². The summed E-state index contributed by atoms with van der Waals surface area (Å²) >= 11 is 0. The van der Waals surface area contributed by atoms with E-state index in [1.807, 2.05) is 6.92 Å². The van der Waals surface area contributed by atoms with Crippen LogP contribution in [-0.2, 0) is 12.8 Å². The molecule has 0 atom stereocenters. The van der Waals surface area contributed by atoms with E-state index in [0.29, 0.717) is 23.6 Å². The predicted molar refractivity (Wildman–Crippen MR) is 62.8 cm³/mol. The van der Waals surface area contributed by atoms with Gasteiger partial charge >= 0.3 is 0 Å². The standard InChI is InChI=1S/C12H12F2N4/c1-2-10-16-11(18-12(15)17-10)5-7-3-8(13)6-9(14)4-7/h3-4,6H,2,5H2,1H3,(H2,15,16,17,18). The van der Waals surface area contributed by atoms with Crippen LogP contribution in [-0.4, -0.2) is 15.0 Å². The molecule has 0 radical (unpaired) electrons. The van der Waals surface area contributed by atoms with E-state index in [2.05, 4.69) is 15.0 Å². The maximum atomic E-state index is 13.0. The quantitative estimate of drug-likeness (QED) is 0.903. The number of anilines is 1. The van der Waals surface area contributed by atoms with Crippen molar-refractivity contribution in [1.82, 2.24) is 15.0 Å². The van der Waals surface area contributed by atoms with Gasteiger partial charge in [-0.05, 0) is 17.7 Å². The Morgan fingerprint density at radius 3 is 2.22 bits per heavy atom. The Kier molecular flexibility index (Phi) is 3.45. The van der Waals surface area contributed by atoms with Gasteiger partial charge < -0.3 is 5.73 Å². The Morgan fingerprint density at radius 2 is 1.61 bits per heavy atom. The summed E-state index contributed by atoms with van der Waals surface area (Å²) in [6, 6.07) is 3.31. The number of hydrogen-bond donors (Lipinski definition) is 1. The fourth-order valence-electron chi connectivity index (χ4n) is 1.62. The third kappa shape index (κ3) is 2.97. The SMILES string of the molecule is CCc1nc(N)nc(Cc2cc(F)cc(F)c2)n1. The molecule has 2 rings (SSSR count). The third-order valence-electron chi connectivity index (χ3n) is 2.35. The lowest BCUT2D eigenvalue weighted by atomic mass is 10.1. The molecule has 6 heteroatoms. The van der Waals surface area contributed by atoms with Gasteiger partial charge in [0.05, 0.1) is 0 Å². The summed E-state index contributed by atoms with van der Waals surface area (Å²) in [5.41, 5.74) is 6.00. The molecule has 4 nitrogen and oxygen atoms in total. The van der Waals surface area contributed by atoms with Gasteiger partial charge in [0.15, 0.2) is 0 Å². The fourth-order valence-corrected chi connectivity index (χ4v) is 1.62. The molecule has 0 aliphatic heterocycles. The topological polar surface area (TPSA) is 64.7 Å². The average Bonchev–Trinajstić information content (AvgIpc) is 2.26. The van der Waals surface area contributed by atoms with Gasteiger partial charge in [0.25, 0.3) is 0 Å². The first-order valence-electron chi connectivity index (χ1n) is 5.51. The zero-order chi connectivity index (χ0) is 13.1. The number of nitrogens with two attached hydrogens (primary N) is 1. The zero-order valence-corrected chi connectivity index (χ0v) is 9.82. The first-order valence-corrected chi connectivity index (χ1v) is 5.51. The van der Waals surface area contributed by atoms with Crippen LogP contribution in [0, 0.1) is 11.6 Å². The number of nitrogen functional groups attached to an aromatic ring is 1. The van der Waals surface area contributed by atoms with Crippen molar-refractivity contribution in [2.24, 2.45) is 0 Å². The van der Waals surface area contributed by atoms with Crippen molar-refractivity contribution in [3.63, 3.8) is 0 Å². The van der Waals surface area contributed by atoms with Crippen LogP contribution in [0.4, 0.5) is 14.7 Å². The smallest absolute Gasteiger partial charge is 0.223 e. The number of hydrogen-bond acceptors (Lipinski definition) is 4. The van der Waals surface area contributed by atoms with Gasteiger partial charge in [-0.15, -0.1) is 0 Å². The summed E-state index contributed by atoms with van der Waals surface area (Å²) in [5, 5.41) is 0. The molecule has 0 saturated carbocycles. The van der Waals surface area contributed by atoms with E-state index in [9.17, 15) is 8.78 Å². The van der Waals surface area contributed by atoms with Gasteiger partial charge in [0.1, 0.15) is 23.3 Å². The Bertz CT molecular complexity index is 552. The van der Waals surface area contributed by atoms with Crippen LogP contribution in [0.1, 0.15) is 24.1 Å². The second-order valence-electron chi connectivity index (χ2n) is 3.83. The minimum Gasteiger partial charge on any atom is -0.368 e. The fraction of sp³-hybridized carbons (Fsp3) is 0.250. The molecule has 1 heterocycles. The van der Waals surface area contributed by atoms with E-state index in [4.69, 9.17) is 5.73 Å². The van der Waals surface area contributed by atoms with Crippen LogP contribution >= 0.6 is 0 Å². The molecule has 18 heavy (non-hydrogen) atoms. The summed E-state index contributed by atoms with van der Waals surface area (Å²) in [7, 11) is 0. The summed E-state index contributed by atoms with van der Waals surface area (Å²) in [6.07, 6.45) is 0.839. The van der Waals surface area contributed by atoms with Gasteiger partial charge in [0, 0.05) is 18.9 Å². The van der Waals surface area contributed by atoms with Crippen LogP contribution in [0.3, 0.4) is 0 Å². The highest BCUT2D eigenvalue weighted by atomic mass is 19.1. The minimum atomic E-state index is -0.622. The van der Waals surface area contributed by atoms with Gasteiger partial charge in [-0.1, -0.05) is 6.92 Å². The summed E-state index contributed by atoms with van der Waals surface area (Å²) in [4.78, 5) is 12.0. The van der Waals surface area contributed by atoms with E-state index in [-0.39, 0.29) is 12.4 Å². The van der Waals surface area contributed by atoms with E-state index in [1.54, 1.807) is 0 Å². The highest BCUT2D eigenvalue weighted by Gasteiger charge is 2.06. The summed E-state index contributed by atoms with van der Waals surface area (Å²) in [5.74, 6) is -0.155. The molecule has 0 aliphatic rings. The zero-order valence-electron chi connectivity index (χ0n) is 9.82. The average molecular weight is 250 g/mol. The Balaban J connectivity index is 2.30. The number of aryl methyl sites for hydroxylation is 1. The van der Waals surface area contributed by atoms with Crippen LogP contribution in [0.2, 0.25) is 0 Å². The molecule has 0 saturated heterocycles. The van der Waals surface area contributed by atoms with E-state index in [1.165, 1.54) is 12.1 Å². The lowest BCUT2D eigenvalue weighted by molar-refractivity contribution is 0.580. The molecule has 1 aromatic heterocycles. The molecule has 94 valence electrons. The van der Waals surface area contributed by atoms with Gasteiger partial charge in [-0.25, -0.2) is 13.8 Å². The Hall–Kier alpha value is -2.11. The van der Waals surface area contributed by atoms with Crippen molar-refractivity contribution in [3.8, 4) is 0 Å². The van der Waals surface area contributed by atoms with Crippen molar-refractivity contribution in [1.29, 1.82) is 0 Å². The second kappa shape index (κ2) is 5.03. The van der Waals surface area contributed by atoms with Crippen molar-refractivity contribution in [2.75, 3.05) is 5.73 Å². The van der Waals surface area contributed by atoms with Crippen molar-refractivity contribution in [2.45, 2.75) is 19.8 Å². The van der Waals surface area contributed by atoms with Crippen LogP contribution < -0.4 is 5.73 Å². The maximum absolute atomic E-state index is 13.0. The van der Waals surface area contributed by atoms with Gasteiger partial charge in [-0.3, -0.25) is 0 Å². The predicted octanol–water partition coefficient (Wildman–Crippen LogP) is 1.89. The minimum absolute atomic E-state index is 0.119. The number of aromatic nitrogens is 3. The Morgan fingerprint density at radius 1 is 1.00 bits per heavy atom. The molecule has 0 bridgehead atoms. The summed E-state index contributed by atoms with van der Waals surface area (Å²) in [6.45, 7) is 1.89. The van der Waals surface area contributed by atoms with Crippen LogP contribution in [0.15, 0.2) is 18.2 Å². The molecular weight excluding hydrogens is 238 g/mol. The Labute approximate surface area is 103 Å². The second-order valence-corrected chi connectivity index (χ2v) is 3.83. The first-order chi connectivity index (χ1) is 8.56. The molecule has 2 aromatic rings. The highest BCUT2D eigenvalue weighted by molar-refractivity contribution is 5.23. The molecule has 0 unspecified atom stereocenters. The van der Waals surface area contributed by atoms with E-state index < -0.39 is 11.6 Å². The molecule has 0 aliphatic carbocycles. The van der Waals surface area contributed by atoms with Crippen LogP contribution in [0.5, 0.6) is 0 Å². The number of nitrogens with zero attached hydrogens (tertiary/aromatic N) is 3. The molecule has 2 N–H and O–H groups in total. The van der Waals surface area contributed by atoms with Gasteiger partial charge in [-0.2, -0.15) is 9.97 Å². The van der Waals surface area contributed by atoms with E-state index in [0.717, 1.165) is 6.07 Å². The monoisotopic (exact) mass is 250 g/mol. The normalized spacial score (nSPS) is 10.6. The third-order valence-corrected chi connectivity index (χ3v) is 2.35. The number of halogens is 2. The molecule has 0 fully saturated rings. The first kappa shape index (κ1) is 12.3. The molecule has 0 amide bonds. The van der Waals surface area contributed by atoms with Crippen molar-refractivity contribution < 1.29 is 8.78 Å². The lowest BCUT2D eigenvalue weighted by Crippen LogP contribution is -2.07. The van der Waals surface area contributed by atoms with Gasteiger partial charge in [0.2, 0.25) is 5.95 Å². The maximum Gasteiger partial charge on any atom is 0.223 e. The summed E-state index contributed by atoms with van der Waals surface area (Å²) < 4.78 is 26.1. The number of rotatable bonds is 3. The largest absolute Gasteiger partial charge is 0.368 e.